The van der Waals surface area contributed by atoms with Crippen LogP contribution in [0, 0.1) is 13.8 Å². The third-order valence-corrected chi connectivity index (χ3v) is 4.33. The number of para-hydroxylation sites is 1. The second kappa shape index (κ2) is 6.15. The molecule has 0 saturated carbocycles. The molecule has 2 aromatic heterocycles. The van der Waals surface area contributed by atoms with Gasteiger partial charge in [0.15, 0.2) is 0 Å². The molecule has 0 bridgehead atoms. The van der Waals surface area contributed by atoms with Crippen molar-refractivity contribution in [2.24, 2.45) is 0 Å². The summed E-state index contributed by atoms with van der Waals surface area (Å²) in [5.41, 5.74) is 4.78. The number of carbonyl (C=O) groups excluding carboxylic acids is 1. The van der Waals surface area contributed by atoms with Crippen molar-refractivity contribution < 1.29 is 4.79 Å². The van der Waals surface area contributed by atoms with Crippen molar-refractivity contribution in [2.45, 2.75) is 20.4 Å². The van der Waals surface area contributed by atoms with E-state index in [1.54, 1.807) is 0 Å². The van der Waals surface area contributed by atoms with E-state index in [0.717, 1.165) is 22.6 Å². The van der Waals surface area contributed by atoms with Crippen LogP contribution in [0.25, 0.3) is 5.69 Å². The van der Waals surface area contributed by atoms with Crippen LogP contribution in [-0.4, -0.2) is 15.7 Å². The topological polar surface area (TPSA) is 46.9 Å². The standard InChI is InChI=1S/C17H17N3OS/c1-12-16(10-18-17(21)14-8-9-22-11-14)13(2)20(19-12)15-6-4-3-5-7-15/h3-9,11H,10H2,1-2H3,(H,18,21). The monoisotopic (exact) mass is 311 g/mol. The van der Waals surface area contributed by atoms with Crippen molar-refractivity contribution in [1.29, 1.82) is 0 Å². The average Bonchev–Trinajstić information content (AvgIpc) is 3.15. The molecule has 0 aliphatic heterocycles. The van der Waals surface area contributed by atoms with E-state index in [-0.39, 0.29) is 5.91 Å². The molecule has 0 fully saturated rings. The molecule has 0 radical (unpaired) electrons. The number of aryl methyl sites for hydroxylation is 1. The number of hydrogen-bond acceptors (Lipinski definition) is 3. The first-order chi connectivity index (χ1) is 10.7. The number of nitrogens with zero attached hydrogens (tertiary/aromatic N) is 2. The highest BCUT2D eigenvalue weighted by molar-refractivity contribution is 7.08. The van der Waals surface area contributed by atoms with Gasteiger partial charge in [0.25, 0.3) is 5.91 Å². The van der Waals surface area contributed by atoms with E-state index in [1.807, 2.05) is 65.7 Å². The molecule has 5 heteroatoms. The number of carbonyl (C=O) groups is 1. The van der Waals surface area contributed by atoms with Gasteiger partial charge in [-0.1, -0.05) is 18.2 Å². The summed E-state index contributed by atoms with van der Waals surface area (Å²) in [6, 6.07) is 11.8. The van der Waals surface area contributed by atoms with Crippen LogP contribution < -0.4 is 5.32 Å². The highest BCUT2D eigenvalue weighted by atomic mass is 32.1. The van der Waals surface area contributed by atoms with E-state index in [4.69, 9.17) is 0 Å². The van der Waals surface area contributed by atoms with Crippen molar-refractivity contribution in [2.75, 3.05) is 0 Å². The van der Waals surface area contributed by atoms with E-state index in [9.17, 15) is 4.79 Å². The van der Waals surface area contributed by atoms with Gasteiger partial charge in [0.05, 0.1) is 11.4 Å². The van der Waals surface area contributed by atoms with Crippen molar-refractivity contribution >= 4 is 17.2 Å². The maximum Gasteiger partial charge on any atom is 0.252 e. The van der Waals surface area contributed by atoms with E-state index in [1.165, 1.54) is 11.3 Å². The molecule has 0 unspecified atom stereocenters. The molecule has 2 heterocycles. The first kappa shape index (κ1) is 14.5. The van der Waals surface area contributed by atoms with Gasteiger partial charge in [0, 0.05) is 28.7 Å². The fourth-order valence-electron chi connectivity index (χ4n) is 2.42. The quantitative estimate of drug-likeness (QED) is 0.802. The molecule has 0 aliphatic rings. The summed E-state index contributed by atoms with van der Waals surface area (Å²) in [5, 5.41) is 11.3. The molecule has 4 nitrogen and oxygen atoms in total. The van der Waals surface area contributed by atoms with Crippen LogP contribution in [0.1, 0.15) is 27.3 Å². The summed E-state index contributed by atoms with van der Waals surface area (Å²) in [4.78, 5) is 12.0. The smallest absolute Gasteiger partial charge is 0.252 e. The number of hydrogen-bond donors (Lipinski definition) is 1. The van der Waals surface area contributed by atoms with Gasteiger partial charge in [-0.2, -0.15) is 16.4 Å². The van der Waals surface area contributed by atoms with Gasteiger partial charge in [0.2, 0.25) is 0 Å². The number of rotatable bonds is 4. The summed E-state index contributed by atoms with van der Waals surface area (Å²) >= 11 is 1.52. The molecule has 0 atom stereocenters. The first-order valence-electron chi connectivity index (χ1n) is 7.07. The first-order valence-corrected chi connectivity index (χ1v) is 8.02. The largest absolute Gasteiger partial charge is 0.348 e. The van der Waals surface area contributed by atoms with Gasteiger partial charge < -0.3 is 5.32 Å². The minimum atomic E-state index is -0.0486. The second-order valence-corrected chi connectivity index (χ2v) is 5.87. The fourth-order valence-corrected chi connectivity index (χ4v) is 3.05. The molecule has 1 amide bonds. The number of amides is 1. The Bertz CT molecular complexity index is 776. The Labute approximate surface area is 133 Å². The number of thiophene rings is 1. The summed E-state index contributed by atoms with van der Waals surface area (Å²) < 4.78 is 1.92. The summed E-state index contributed by atoms with van der Waals surface area (Å²) in [7, 11) is 0. The third-order valence-electron chi connectivity index (χ3n) is 3.65. The predicted molar refractivity (Wildman–Crippen MR) is 88.5 cm³/mol. The lowest BCUT2D eigenvalue weighted by atomic mass is 10.2. The molecule has 0 saturated heterocycles. The zero-order chi connectivity index (χ0) is 15.5. The minimum absolute atomic E-state index is 0.0486. The van der Waals surface area contributed by atoms with Crippen LogP contribution in [-0.2, 0) is 6.54 Å². The van der Waals surface area contributed by atoms with Gasteiger partial charge in [0.1, 0.15) is 0 Å². The Balaban J connectivity index is 1.80. The van der Waals surface area contributed by atoms with Crippen molar-refractivity contribution in [3.8, 4) is 5.69 Å². The van der Waals surface area contributed by atoms with Crippen molar-refractivity contribution in [1.82, 2.24) is 15.1 Å². The zero-order valence-corrected chi connectivity index (χ0v) is 13.4. The Hall–Kier alpha value is -2.40. The maximum atomic E-state index is 12.0. The number of aromatic nitrogens is 2. The Kier molecular flexibility index (Phi) is 4.06. The SMILES string of the molecule is Cc1nn(-c2ccccc2)c(C)c1CNC(=O)c1ccsc1. The molecule has 1 aromatic carbocycles. The fraction of sp³-hybridized carbons (Fsp3) is 0.176. The molecule has 22 heavy (non-hydrogen) atoms. The number of benzene rings is 1. The maximum absolute atomic E-state index is 12.0. The van der Waals surface area contributed by atoms with Gasteiger partial charge in [-0.15, -0.1) is 0 Å². The van der Waals surface area contributed by atoms with Crippen molar-refractivity contribution in [3.05, 3.63) is 69.7 Å². The van der Waals surface area contributed by atoms with E-state index in [2.05, 4.69) is 10.4 Å². The molecule has 3 aromatic rings. The van der Waals surface area contributed by atoms with Crippen LogP contribution in [0.3, 0.4) is 0 Å². The molecule has 0 aliphatic carbocycles. The van der Waals surface area contributed by atoms with Crippen LogP contribution in [0.15, 0.2) is 47.2 Å². The van der Waals surface area contributed by atoms with Gasteiger partial charge >= 0.3 is 0 Å². The normalized spacial score (nSPS) is 10.6. The van der Waals surface area contributed by atoms with Crippen molar-refractivity contribution in [3.63, 3.8) is 0 Å². The molecule has 3 rings (SSSR count). The Morgan fingerprint density at radius 2 is 2.00 bits per heavy atom. The zero-order valence-electron chi connectivity index (χ0n) is 12.5. The van der Waals surface area contributed by atoms with E-state index in [0.29, 0.717) is 12.1 Å². The molecular formula is C17H17N3OS. The van der Waals surface area contributed by atoms with Crippen LogP contribution in [0.2, 0.25) is 0 Å². The van der Waals surface area contributed by atoms with Gasteiger partial charge in [-0.25, -0.2) is 4.68 Å². The van der Waals surface area contributed by atoms with E-state index < -0.39 is 0 Å². The predicted octanol–water partition coefficient (Wildman–Crippen LogP) is 3.48. The van der Waals surface area contributed by atoms with Crippen LogP contribution in [0.5, 0.6) is 0 Å². The summed E-state index contributed by atoms with van der Waals surface area (Å²) in [6.45, 7) is 4.48. The molecule has 1 N–H and O–H groups in total. The number of nitrogens with one attached hydrogen (secondary N) is 1. The highest BCUT2D eigenvalue weighted by Crippen LogP contribution is 2.18. The lowest BCUT2D eigenvalue weighted by Gasteiger charge is -2.06. The lowest BCUT2D eigenvalue weighted by molar-refractivity contribution is 0.0951. The highest BCUT2D eigenvalue weighted by Gasteiger charge is 2.14. The summed E-state index contributed by atoms with van der Waals surface area (Å²) in [6.07, 6.45) is 0. The Morgan fingerprint density at radius 3 is 2.68 bits per heavy atom. The average molecular weight is 311 g/mol. The molecule has 112 valence electrons. The van der Waals surface area contributed by atoms with Crippen LogP contribution in [0.4, 0.5) is 0 Å². The van der Waals surface area contributed by atoms with E-state index >= 15 is 0 Å². The summed E-state index contributed by atoms with van der Waals surface area (Å²) in [5.74, 6) is -0.0486. The lowest BCUT2D eigenvalue weighted by Crippen LogP contribution is -2.22. The van der Waals surface area contributed by atoms with Gasteiger partial charge in [-0.3, -0.25) is 4.79 Å². The van der Waals surface area contributed by atoms with Crippen LogP contribution >= 0.6 is 11.3 Å². The minimum Gasteiger partial charge on any atom is -0.348 e. The van der Waals surface area contributed by atoms with Gasteiger partial charge in [-0.05, 0) is 37.4 Å². The molecule has 0 spiro atoms. The second-order valence-electron chi connectivity index (χ2n) is 5.09. The molecular weight excluding hydrogens is 294 g/mol. The Morgan fingerprint density at radius 1 is 1.23 bits per heavy atom. The third kappa shape index (κ3) is 2.80.